The molecule has 2 aromatic carbocycles. The molecular weight excluding hydrogens is 389 g/mol. The van der Waals surface area contributed by atoms with Crippen LogP contribution in [0.2, 0.25) is 5.02 Å². The van der Waals surface area contributed by atoms with Crippen molar-refractivity contribution >= 4 is 11.6 Å². The van der Waals surface area contributed by atoms with Crippen LogP contribution in [0.5, 0.6) is 0 Å². The maximum absolute atomic E-state index is 12.8. The number of rotatable bonds is 6. The molecule has 0 bridgehead atoms. The number of halogens is 4. The zero-order chi connectivity index (χ0) is 20.1. The molecule has 0 fully saturated rings. The Morgan fingerprint density at radius 3 is 2.57 bits per heavy atom. The predicted octanol–water partition coefficient (Wildman–Crippen LogP) is 5.24. The average Bonchev–Trinajstić information content (AvgIpc) is 3.14. The van der Waals surface area contributed by atoms with Gasteiger partial charge in [-0.25, -0.2) is 4.98 Å². The monoisotopic (exact) mass is 404 g/mol. The third-order valence-electron chi connectivity index (χ3n) is 4.32. The van der Waals surface area contributed by atoms with Crippen molar-refractivity contribution in [3.8, 4) is 6.07 Å². The summed E-state index contributed by atoms with van der Waals surface area (Å²) in [5, 5.41) is 14.1. The fourth-order valence-electron chi connectivity index (χ4n) is 2.87. The maximum Gasteiger partial charge on any atom is 0.416 e. The van der Waals surface area contributed by atoms with Gasteiger partial charge in [0.1, 0.15) is 6.33 Å². The second kappa shape index (κ2) is 8.44. The fraction of sp³-hybridized carbons (Fsp3) is 0.250. The van der Waals surface area contributed by atoms with Crippen molar-refractivity contribution in [1.82, 2.24) is 14.8 Å². The van der Waals surface area contributed by atoms with Crippen LogP contribution >= 0.6 is 11.6 Å². The summed E-state index contributed by atoms with van der Waals surface area (Å²) in [6.45, 7) is 0.383. The molecular formula is C20H16ClF3N4. The summed E-state index contributed by atoms with van der Waals surface area (Å²) in [6.07, 6.45) is -2.24. The topological polar surface area (TPSA) is 54.5 Å². The Kier molecular flexibility index (Phi) is 6.00. The van der Waals surface area contributed by atoms with Crippen LogP contribution in [-0.4, -0.2) is 14.8 Å². The van der Waals surface area contributed by atoms with Gasteiger partial charge in [-0.1, -0.05) is 41.9 Å². The highest BCUT2D eigenvalue weighted by atomic mass is 35.5. The first kappa shape index (κ1) is 19.9. The van der Waals surface area contributed by atoms with Gasteiger partial charge < -0.3 is 0 Å². The first-order valence-corrected chi connectivity index (χ1v) is 8.92. The molecule has 0 spiro atoms. The smallest absolute Gasteiger partial charge is 0.252 e. The molecule has 0 saturated heterocycles. The highest BCUT2D eigenvalue weighted by Gasteiger charge is 2.30. The van der Waals surface area contributed by atoms with E-state index in [1.807, 2.05) is 12.1 Å². The van der Waals surface area contributed by atoms with E-state index in [-0.39, 0.29) is 12.3 Å². The molecule has 1 unspecified atom stereocenters. The number of alkyl halides is 3. The second-order valence-corrected chi connectivity index (χ2v) is 6.72. The molecule has 0 amide bonds. The number of hydrogen-bond acceptors (Lipinski definition) is 3. The Hall–Kier alpha value is -2.85. The fourth-order valence-corrected chi connectivity index (χ4v) is 2.99. The molecule has 3 rings (SSSR count). The number of nitriles is 1. The Bertz CT molecular complexity index is 974. The number of nitrogens with zero attached hydrogens (tertiary/aromatic N) is 4. The van der Waals surface area contributed by atoms with Gasteiger partial charge >= 0.3 is 6.18 Å². The summed E-state index contributed by atoms with van der Waals surface area (Å²) in [5.41, 5.74) is 0.779. The molecule has 0 aliphatic heterocycles. The van der Waals surface area contributed by atoms with E-state index in [1.54, 1.807) is 22.9 Å². The molecule has 4 nitrogen and oxygen atoms in total. The number of aryl methyl sites for hydroxylation is 2. The van der Waals surface area contributed by atoms with Gasteiger partial charge in [-0.2, -0.15) is 23.5 Å². The maximum atomic E-state index is 12.8. The molecule has 1 atom stereocenters. The van der Waals surface area contributed by atoms with E-state index in [2.05, 4.69) is 16.2 Å². The normalized spacial score (nSPS) is 12.5. The standard InChI is InChI=1S/C20H16ClF3N4/c21-17-6-4-15(5-7-17)18(8-10-25)19-26-13-28(27-19)11-9-14-2-1-3-16(12-14)20(22,23)24/h1-7,12-13,18H,8-9,11H2. The minimum atomic E-state index is -4.36. The Labute approximate surface area is 165 Å². The summed E-state index contributed by atoms with van der Waals surface area (Å²) >= 11 is 5.91. The number of aromatic nitrogens is 3. The lowest BCUT2D eigenvalue weighted by atomic mass is 9.96. The van der Waals surface area contributed by atoms with Gasteiger partial charge in [0.05, 0.1) is 17.6 Å². The molecule has 0 aliphatic carbocycles. The molecule has 0 saturated carbocycles. The van der Waals surface area contributed by atoms with Crippen molar-refractivity contribution < 1.29 is 13.2 Å². The molecule has 3 aromatic rings. The molecule has 1 heterocycles. The third kappa shape index (κ3) is 4.90. The molecule has 0 N–H and O–H groups in total. The highest BCUT2D eigenvalue weighted by Crippen LogP contribution is 2.30. The van der Waals surface area contributed by atoms with E-state index in [1.165, 1.54) is 12.4 Å². The van der Waals surface area contributed by atoms with Crippen LogP contribution in [0.1, 0.15) is 34.9 Å². The minimum absolute atomic E-state index is 0.208. The summed E-state index contributed by atoms with van der Waals surface area (Å²) in [7, 11) is 0. The minimum Gasteiger partial charge on any atom is -0.252 e. The van der Waals surface area contributed by atoms with Crippen LogP contribution in [0.3, 0.4) is 0 Å². The van der Waals surface area contributed by atoms with Crippen molar-refractivity contribution in [1.29, 1.82) is 5.26 Å². The van der Waals surface area contributed by atoms with Gasteiger partial charge in [0.15, 0.2) is 5.82 Å². The van der Waals surface area contributed by atoms with Crippen LogP contribution in [-0.2, 0) is 19.1 Å². The zero-order valence-electron chi connectivity index (χ0n) is 14.7. The van der Waals surface area contributed by atoms with Crippen molar-refractivity contribution in [2.24, 2.45) is 0 Å². The van der Waals surface area contributed by atoms with Crippen molar-refractivity contribution in [3.63, 3.8) is 0 Å². The second-order valence-electron chi connectivity index (χ2n) is 6.28. The lowest BCUT2D eigenvalue weighted by molar-refractivity contribution is -0.137. The summed E-state index contributed by atoms with van der Waals surface area (Å²) in [5.74, 6) is 0.199. The van der Waals surface area contributed by atoms with Gasteiger partial charge in [0, 0.05) is 18.0 Å². The van der Waals surface area contributed by atoms with Crippen LogP contribution in [0.15, 0.2) is 54.9 Å². The van der Waals surface area contributed by atoms with Crippen LogP contribution in [0, 0.1) is 11.3 Å². The average molecular weight is 405 g/mol. The van der Waals surface area contributed by atoms with Crippen molar-refractivity contribution in [2.45, 2.75) is 31.5 Å². The molecule has 1 aromatic heterocycles. The van der Waals surface area contributed by atoms with Gasteiger partial charge in [-0.15, -0.1) is 0 Å². The first-order valence-electron chi connectivity index (χ1n) is 8.54. The molecule has 28 heavy (non-hydrogen) atoms. The summed E-state index contributed by atoms with van der Waals surface area (Å²) in [4.78, 5) is 4.29. The van der Waals surface area contributed by atoms with E-state index in [0.717, 1.165) is 17.7 Å². The number of benzene rings is 2. The highest BCUT2D eigenvalue weighted by molar-refractivity contribution is 6.30. The Morgan fingerprint density at radius 2 is 1.89 bits per heavy atom. The SMILES string of the molecule is N#CCC(c1ccc(Cl)cc1)c1ncn(CCc2cccc(C(F)(F)F)c2)n1. The lowest BCUT2D eigenvalue weighted by Crippen LogP contribution is -2.08. The quantitative estimate of drug-likeness (QED) is 0.564. The van der Waals surface area contributed by atoms with Crippen molar-refractivity contribution in [2.75, 3.05) is 0 Å². The van der Waals surface area contributed by atoms with E-state index in [9.17, 15) is 13.2 Å². The molecule has 8 heteroatoms. The van der Waals surface area contributed by atoms with E-state index in [4.69, 9.17) is 16.9 Å². The van der Waals surface area contributed by atoms with E-state index >= 15 is 0 Å². The van der Waals surface area contributed by atoms with E-state index in [0.29, 0.717) is 29.4 Å². The zero-order valence-corrected chi connectivity index (χ0v) is 15.5. The van der Waals surface area contributed by atoms with Gasteiger partial charge in [-0.3, -0.25) is 4.68 Å². The van der Waals surface area contributed by atoms with Gasteiger partial charge in [0.2, 0.25) is 0 Å². The van der Waals surface area contributed by atoms with E-state index < -0.39 is 11.7 Å². The number of hydrogen-bond donors (Lipinski definition) is 0. The largest absolute Gasteiger partial charge is 0.416 e. The first-order chi connectivity index (χ1) is 13.4. The predicted molar refractivity (Wildman–Crippen MR) is 98.7 cm³/mol. The van der Waals surface area contributed by atoms with Crippen LogP contribution < -0.4 is 0 Å². The van der Waals surface area contributed by atoms with Gasteiger partial charge in [0.25, 0.3) is 0 Å². The Morgan fingerprint density at radius 1 is 1.14 bits per heavy atom. The third-order valence-corrected chi connectivity index (χ3v) is 4.57. The summed E-state index contributed by atoms with van der Waals surface area (Å²) < 4.78 is 40.0. The molecule has 0 radical (unpaired) electrons. The van der Waals surface area contributed by atoms with Crippen LogP contribution in [0.25, 0.3) is 0 Å². The van der Waals surface area contributed by atoms with Crippen molar-refractivity contribution in [3.05, 3.63) is 82.4 Å². The molecule has 0 aliphatic rings. The van der Waals surface area contributed by atoms with Crippen LogP contribution in [0.4, 0.5) is 13.2 Å². The lowest BCUT2D eigenvalue weighted by Gasteiger charge is -2.10. The molecule has 144 valence electrons. The Balaban J connectivity index is 1.73. The van der Waals surface area contributed by atoms with Gasteiger partial charge in [-0.05, 0) is 35.7 Å². The summed E-state index contributed by atoms with van der Waals surface area (Å²) in [6, 6.07) is 14.5.